The van der Waals surface area contributed by atoms with Gasteiger partial charge in [-0.1, -0.05) is 38.3 Å². The first-order valence-corrected chi connectivity index (χ1v) is 7.55. The molecule has 1 unspecified atom stereocenters. The van der Waals surface area contributed by atoms with Gasteiger partial charge in [-0.25, -0.2) is 0 Å². The average Bonchev–Trinajstić information content (AvgIpc) is 2.46. The van der Waals surface area contributed by atoms with Gasteiger partial charge >= 0.3 is 0 Å². The predicted molar refractivity (Wildman–Crippen MR) is 80.4 cm³/mol. The molecule has 1 fully saturated rings. The minimum Gasteiger partial charge on any atom is -0.496 e. The lowest BCUT2D eigenvalue weighted by Crippen LogP contribution is -2.26. The van der Waals surface area contributed by atoms with E-state index in [4.69, 9.17) is 10.5 Å². The normalized spacial score (nSPS) is 25.1. The standard InChI is InChI=1S/C17H27NO/c1-4-13-5-7-14(8-6-13)17(18)15-9-10-16(19-3)12(2)11-15/h9-11,13-14,17H,4-8,18H2,1-3H3. The second-order valence-electron chi connectivity index (χ2n) is 5.94. The van der Waals surface area contributed by atoms with Crippen LogP contribution in [0.4, 0.5) is 0 Å². The first kappa shape index (κ1) is 14.4. The van der Waals surface area contributed by atoms with Gasteiger partial charge in [0.25, 0.3) is 0 Å². The average molecular weight is 261 g/mol. The molecule has 0 amide bonds. The summed E-state index contributed by atoms with van der Waals surface area (Å²) in [7, 11) is 1.72. The molecule has 106 valence electrons. The Labute approximate surface area is 117 Å². The van der Waals surface area contributed by atoms with Crippen LogP contribution in [0.15, 0.2) is 18.2 Å². The molecule has 0 spiro atoms. The Morgan fingerprint density at radius 2 is 1.95 bits per heavy atom. The van der Waals surface area contributed by atoms with Crippen molar-refractivity contribution >= 4 is 0 Å². The van der Waals surface area contributed by atoms with E-state index in [2.05, 4.69) is 26.0 Å². The quantitative estimate of drug-likeness (QED) is 0.880. The van der Waals surface area contributed by atoms with Crippen LogP contribution in [0.5, 0.6) is 5.75 Å². The molecule has 2 N–H and O–H groups in total. The number of aryl methyl sites for hydroxylation is 1. The van der Waals surface area contributed by atoms with Gasteiger partial charge in [0.05, 0.1) is 7.11 Å². The second kappa shape index (κ2) is 6.42. The van der Waals surface area contributed by atoms with Gasteiger partial charge in [-0.15, -0.1) is 0 Å². The molecule has 0 bridgehead atoms. The molecule has 1 atom stereocenters. The lowest BCUT2D eigenvalue weighted by molar-refractivity contribution is 0.240. The number of hydrogen-bond donors (Lipinski definition) is 1. The number of ether oxygens (including phenoxy) is 1. The number of hydrogen-bond acceptors (Lipinski definition) is 2. The van der Waals surface area contributed by atoms with Crippen LogP contribution in [-0.4, -0.2) is 7.11 Å². The molecule has 0 aliphatic heterocycles. The third-order valence-corrected chi connectivity index (χ3v) is 4.78. The Hall–Kier alpha value is -1.02. The number of benzene rings is 1. The Kier molecular flexibility index (Phi) is 4.87. The Bertz CT molecular complexity index is 408. The molecule has 0 heterocycles. The number of methoxy groups -OCH3 is 1. The van der Waals surface area contributed by atoms with Crippen molar-refractivity contribution in [3.63, 3.8) is 0 Å². The van der Waals surface area contributed by atoms with Crippen LogP contribution in [0, 0.1) is 18.8 Å². The molecule has 1 aromatic rings. The summed E-state index contributed by atoms with van der Waals surface area (Å²) in [4.78, 5) is 0. The minimum atomic E-state index is 0.183. The summed E-state index contributed by atoms with van der Waals surface area (Å²) in [5.41, 5.74) is 8.92. The van der Waals surface area contributed by atoms with Crippen LogP contribution in [0.25, 0.3) is 0 Å². The van der Waals surface area contributed by atoms with E-state index < -0.39 is 0 Å². The summed E-state index contributed by atoms with van der Waals surface area (Å²) in [5, 5.41) is 0. The molecule has 2 nitrogen and oxygen atoms in total. The molecule has 1 saturated carbocycles. The highest BCUT2D eigenvalue weighted by Crippen LogP contribution is 2.37. The summed E-state index contributed by atoms with van der Waals surface area (Å²) in [6, 6.07) is 6.54. The van der Waals surface area contributed by atoms with Crippen molar-refractivity contribution in [3.05, 3.63) is 29.3 Å². The van der Waals surface area contributed by atoms with Crippen molar-refractivity contribution in [2.75, 3.05) is 7.11 Å². The van der Waals surface area contributed by atoms with Crippen molar-refractivity contribution in [1.82, 2.24) is 0 Å². The van der Waals surface area contributed by atoms with E-state index >= 15 is 0 Å². The summed E-state index contributed by atoms with van der Waals surface area (Å²) in [6.07, 6.45) is 6.59. The third-order valence-electron chi connectivity index (χ3n) is 4.78. The summed E-state index contributed by atoms with van der Waals surface area (Å²) in [6.45, 7) is 4.39. The summed E-state index contributed by atoms with van der Waals surface area (Å²) < 4.78 is 5.31. The monoisotopic (exact) mass is 261 g/mol. The van der Waals surface area contributed by atoms with Gasteiger partial charge in [-0.3, -0.25) is 0 Å². The molecule has 19 heavy (non-hydrogen) atoms. The predicted octanol–water partition coefficient (Wildman–Crippen LogP) is 4.22. The van der Waals surface area contributed by atoms with Crippen molar-refractivity contribution < 1.29 is 4.74 Å². The second-order valence-corrected chi connectivity index (χ2v) is 5.94. The number of rotatable bonds is 4. The van der Waals surface area contributed by atoms with Crippen molar-refractivity contribution in [3.8, 4) is 5.75 Å². The third kappa shape index (κ3) is 3.30. The van der Waals surface area contributed by atoms with Gasteiger partial charge in [-0.05, 0) is 48.8 Å². The van der Waals surface area contributed by atoms with Crippen molar-refractivity contribution in [1.29, 1.82) is 0 Å². The van der Waals surface area contributed by atoms with Crippen LogP contribution in [0.1, 0.15) is 56.2 Å². The summed E-state index contributed by atoms with van der Waals surface area (Å²) in [5.74, 6) is 2.53. The highest BCUT2D eigenvalue weighted by molar-refractivity contribution is 5.37. The minimum absolute atomic E-state index is 0.183. The molecular weight excluding hydrogens is 234 g/mol. The van der Waals surface area contributed by atoms with Crippen LogP contribution in [-0.2, 0) is 0 Å². The van der Waals surface area contributed by atoms with Gasteiger partial charge in [0.15, 0.2) is 0 Å². The zero-order chi connectivity index (χ0) is 13.8. The van der Waals surface area contributed by atoms with Gasteiger partial charge in [0.2, 0.25) is 0 Å². The van der Waals surface area contributed by atoms with E-state index in [9.17, 15) is 0 Å². The molecule has 0 radical (unpaired) electrons. The highest BCUT2D eigenvalue weighted by atomic mass is 16.5. The maximum absolute atomic E-state index is 6.48. The maximum atomic E-state index is 6.48. The van der Waals surface area contributed by atoms with E-state index in [1.807, 2.05) is 6.07 Å². The largest absolute Gasteiger partial charge is 0.496 e. The van der Waals surface area contributed by atoms with Gasteiger partial charge in [0.1, 0.15) is 5.75 Å². The molecule has 2 rings (SSSR count). The van der Waals surface area contributed by atoms with Crippen LogP contribution in [0.3, 0.4) is 0 Å². The first-order chi connectivity index (χ1) is 9.15. The fraction of sp³-hybridized carbons (Fsp3) is 0.647. The Morgan fingerprint density at radius 1 is 1.26 bits per heavy atom. The highest BCUT2D eigenvalue weighted by Gasteiger charge is 2.25. The molecule has 0 aromatic heterocycles. The Balaban J connectivity index is 2.03. The molecular formula is C17H27NO. The van der Waals surface area contributed by atoms with Gasteiger partial charge in [0, 0.05) is 6.04 Å². The maximum Gasteiger partial charge on any atom is 0.121 e. The van der Waals surface area contributed by atoms with Crippen molar-refractivity contribution in [2.24, 2.45) is 17.6 Å². The lowest BCUT2D eigenvalue weighted by atomic mass is 9.76. The van der Waals surface area contributed by atoms with E-state index in [-0.39, 0.29) is 6.04 Å². The fourth-order valence-corrected chi connectivity index (χ4v) is 3.34. The van der Waals surface area contributed by atoms with Crippen molar-refractivity contribution in [2.45, 2.75) is 52.0 Å². The van der Waals surface area contributed by atoms with E-state index in [0.29, 0.717) is 5.92 Å². The van der Waals surface area contributed by atoms with Crippen LogP contribution < -0.4 is 10.5 Å². The van der Waals surface area contributed by atoms with Crippen LogP contribution >= 0.6 is 0 Å². The molecule has 2 heteroatoms. The zero-order valence-electron chi connectivity index (χ0n) is 12.5. The SMILES string of the molecule is CCC1CCC(C(N)c2ccc(OC)c(C)c2)CC1. The van der Waals surface area contributed by atoms with E-state index in [1.54, 1.807) is 7.11 Å². The van der Waals surface area contributed by atoms with E-state index in [1.165, 1.54) is 43.2 Å². The molecule has 1 aliphatic carbocycles. The molecule has 1 aliphatic rings. The molecule has 0 saturated heterocycles. The topological polar surface area (TPSA) is 35.2 Å². The number of nitrogens with two attached hydrogens (primary N) is 1. The smallest absolute Gasteiger partial charge is 0.121 e. The first-order valence-electron chi connectivity index (χ1n) is 7.55. The molecule has 1 aromatic carbocycles. The zero-order valence-corrected chi connectivity index (χ0v) is 12.5. The van der Waals surface area contributed by atoms with Gasteiger partial charge < -0.3 is 10.5 Å². The lowest BCUT2D eigenvalue weighted by Gasteiger charge is -2.32. The summed E-state index contributed by atoms with van der Waals surface area (Å²) >= 11 is 0. The van der Waals surface area contributed by atoms with Gasteiger partial charge in [-0.2, -0.15) is 0 Å². The fourth-order valence-electron chi connectivity index (χ4n) is 3.34. The van der Waals surface area contributed by atoms with Crippen LogP contribution in [0.2, 0.25) is 0 Å². The van der Waals surface area contributed by atoms with E-state index in [0.717, 1.165) is 11.7 Å². The Morgan fingerprint density at radius 3 is 2.47 bits per heavy atom.